The van der Waals surface area contributed by atoms with Gasteiger partial charge in [0.05, 0.1) is 16.9 Å². The molecule has 0 spiro atoms. The molecule has 0 saturated carbocycles. The molecule has 0 aliphatic heterocycles. The van der Waals surface area contributed by atoms with E-state index in [4.69, 9.17) is 11.6 Å². The molecule has 0 bridgehead atoms. The number of benzene rings is 1. The zero-order chi connectivity index (χ0) is 13.3. The summed E-state index contributed by atoms with van der Waals surface area (Å²) < 4.78 is 28.6. The van der Waals surface area contributed by atoms with Gasteiger partial charge in [0.1, 0.15) is 0 Å². The number of hydrogen-bond acceptors (Lipinski definition) is 3. The average Bonchev–Trinajstić information content (AvgIpc) is 2.70. The standard InChI is InChI=1S/C10H9BrClN3O2S/c1-15-10(4-5-13-15)18(16,17)14-9-6-7(11)2-3-8(9)12/h2-6,14H,1H3. The molecule has 1 aromatic heterocycles. The molecular weight excluding hydrogens is 342 g/mol. The van der Waals surface area contributed by atoms with Crippen molar-refractivity contribution in [3.05, 3.63) is 40.0 Å². The number of hydrogen-bond donors (Lipinski definition) is 1. The van der Waals surface area contributed by atoms with Gasteiger partial charge < -0.3 is 0 Å². The number of aromatic nitrogens is 2. The molecule has 0 atom stereocenters. The largest absolute Gasteiger partial charge is 0.279 e. The van der Waals surface area contributed by atoms with Crippen LogP contribution >= 0.6 is 27.5 Å². The van der Waals surface area contributed by atoms with Crippen LogP contribution in [0.4, 0.5) is 5.69 Å². The van der Waals surface area contributed by atoms with Crippen molar-refractivity contribution in [3.8, 4) is 0 Å². The molecule has 1 N–H and O–H groups in total. The van der Waals surface area contributed by atoms with Gasteiger partial charge in [-0.2, -0.15) is 13.5 Å². The van der Waals surface area contributed by atoms with Gasteiger partial charge in [-0.15, -0.1) is 0 Å². The van der Waals surface area contributed by atoms with Gasteiger partial charge in [0, 0.05) is 11.5 Å². The predicted molar refractivity (Wildman–Crippen MR) is 73.2 cm³/mol. The summed E-state index contributed by atoms with van der Waals surface area (Å²) in [6.07, 6.45) is 1.41. The zero-order valence-electron chi connectivity index (χ0n) is 9.26. The van der Waals surface area contributed by atoms with E-state index in [0.29, 0.717) is 10.7 Å². The van der Waals surface area contributed by atoms with Crippen molar-refractivity contribution in [1.29, 1.82) is 0 Å². The van der Waals surface area contributed by atoms with E-state index in [1.165, 1.54) is 16.9 Å². The minimum absolute atomic E-state index is 0.0681. The second-order valence-electron chi connectivity index (χ2n) is 3.52. The van der Waals surface area contributed by atoms with Crippen LogP contribution in [0.2, 0.25) is 5.02 Å². The van der Waals surface area contributed by atoms with Crippen LogP contribution in [0, 0.1) is 0 Å². The topological polar surface area (TPSA) is 64.0 Å². The molecule has 1 heterocycles. The van der Waals surface area contributed by atoms with E-state index in [1.54, 1.807) is 25.2 Å². The van der Waals surface area contributed by atoms with Crippen molar-refractivity contribution in [3.63, 3.8) is 0 Å². The summed E-state index contributed by atoms with van der Waals surface area (Å²) in [5.41, 5.74) is 0.312. The van der Waals surface area contributed by atoms with Gasteiger partial charge >= 0.3 is 0 Å². The molecule has 2 rings (SSSR count). The average molecular weight is 351 g/mol. The van der Waals surface area contributed by atoms with Crippen LogP contribution in [0.1, 0.15) is 0 Å². The second kappa shape index (κ2) is 4.91. The third-order valence-corrected chi connectivity index (χ3v) is 4.49. The molecule has 18 heavy (non-hydrogen) atoms. The van der Waals surface area contributed by atoms with Crippen molar-refractivity contribution in [2.45, 2.75) is 5.03 Å². The Bertz CT molecular complexity index is 684. The second-order valence-corrected chi connectivity index (χ2v) is 6.47. The van der Waals surface area contributed by atoms with E-state index in [-0.39, 0.29) is 5.03 Å². The predicted octanol–water partition coefficient (Wildman–Crippen LogP) is 2.64. The normalized spacial score (nSPS) is 11.5. The first-order valence-electron chi connectivity index (χ1n) is 4.86. The molecule has 8 heteroatoms. The minimum atomic E-state index is -3.69. The molecule has 96 valence electrons. The summed E-state index contributed by atoms with van der Waals surface area (Å²) in [5, 5.41) is 4.21. The maximum absolute atomic E-state index is 12.1. The van der Waals surface area contributed by atoms with Crippen molar-refractivity contribution >= 4 is 43.2 Å². The fourth-order valence-corrected chi connectivity index (χ4v) is 3.18. The summed E-state index contributed by atoms with van der Waals surface area (Å²) in [6, 6.07) is 6.33. The lowest BCUT2D eigenvalue weighted by Crippen LogP contribution is -2.16. The van der Waals surface area contributed by atoms with E-state index in [2.05, 4.69) is 25.8 Å². The van der Waals surface area contributed by atoms with Crippen LogP contribution in [0.5, 0.6) is 0 Å². The molecule has 0 amide bonds. The van der Waals surface area contributed by atoms with Crippen molar-refractivity contribution in [2.75, 3.05) is 4.72 Å². The summed E-state index contributed by atoms with van der Waals surface area (Å²) in [4.78, 5) is 0. The van der Waals surface area contributed by atoms with Gasteiger partial charge in [-0.3, -0.25) is 9.40 Å². The van der Waals surface area contributed by atoms with Crippen LogP contribution in [-0.2, 0) is 17.1 Å². The number of anilines is 1. The first-order valence-corrected chi connectivity index (χ1v) is 7.51. The van der Waals surface area contributed by atoms with Crippen LogP contribution in [-0.4, -0.2) is 18.2 Å². The summed E-state index contributed by atoms with van der Waals surface area (Å²) >= 11 is 9.19. The minimum Gasteiger partial charge on any atom is -0.277 e. The lowest BCUT2D eigenvalue weighted by atomic mass is 10.3. The number of rotatable bonds is 3. The Balaban J connectivity index is 2.40. The number of nitrogens with zero attached hydrogens (tertiary/aromatic N) is 2. The van der Waals surface area contributed by atoms with Crippen molar-refractivity contribution in [2.24, 2.45) is 7.05 Å². The molecule has 0 aliphatic rings. The highest BCUT2D eigenvalue weighted by molar-refractivity contribution is 9.10. The van der Waals surface area contributed by atoms with Crippen LogP contribution < -0.4 is 4.72 Å². The molecule has 5 nitrogen and oxygen atoms in total. The van der Waals surface area contributed by atoms with Crippen molar-refractivity contribution < 1.29 is 8.42 Å². The molecule has 2 aromatic rings. The molecule has 0 aliphatic carbocycles. The van der Waals surface area contributed by atoms with Gasteiger partial charge in [-0.1, -0.05) is 27.5 Å². The number of sulfonamides is 1. The summed E-state index contributed by atoms with van der Waals surface area (Å²) in [6.45, 7) is 0. The fraction of sp³-hybridized carbons (Fsp3) is 0.100. The number of nitrogens with one attached hydrogen (secondary N) is 1. The monoisotopic (exact) mass is 349 g/mol. The van der Waals surface area contributed by atoms with Gasteiger partial charge in [0.25, 0.3) is 10.0 Å². The molecule has 1 aromatic carbocycles. The van der Waals surface area contributed by atoms with Crippen LogP contribution in [0.25, 0.3) is 0 Å². The Morgan fingerprint density at radius 3 is 2.72 bits per heavy atom. The highest BCUT2D eigenvalue weighted by atomic mass is 79.9. The van der Waals surface area contributed by atoms with Crippen LogP contribution in [0.15, 0.2) is 40.0 Å². The molecule has 0 saturated heterocycles. The maximum atomic E-state index is 12.1. The quantitative estimate of drug-likeness (QED) is 0.925. The Morgan fingerprint density at radius 2 is 2.11 bits per heavy atom. The molecule has 0 unspecified atom stereocenters. The zero-order valence-corrected chi connectivity index (χ0v) is 12.4. The Kier molecular flexibility index (Phi) is 3.65. The van der Waals surface area contributed by atoms with E-state index in [1.807, 2.05) is 0 Å². The smallest absolute Gasteiger partial charge is 0.277 e. The SMILES string of the molecule is Cn1nccc1S(=O)(=O)Nc1cc(Br)ccc1Cl. The summed E-state index contributed by atoms with van der Waals surface area (Å²) in [5.74, 6) is 0. The molecule has 0 radical (unpaired) electrons. The van der Waals surface area contributed by atoms with E-state index >= 15 is 0 Å². The third kappa shape index (κ3) is 2.68. The maximum Gasteiger partial charge on any atom is 0.279 e. The van der Waals surface area contributed by atoms with E-state index < -0.39 is 10.0 Å². The van der Waals surface area contributed by atoms with Gasteiger partial charge in [0.15, 0.2) is 5.03 Å². The lowest BCUT2D eigenvalue weighted by Gasteiger charge is -2.09. The van der Waals surface area contributed by atoms with Crippen LogP contribution in [0.3, 0.4) is 0 Å². The van der Waals surface area contributed by atoms with Gasteiger partial charge in [-0.25, -0.2) is 0 Å². The Labute approximate surface area is 118 Å². The Hall–Kier alpha value is -1.05. The first-order chi connectivity index (χ1) is 8.40. The highest BCUT2D eigenvalue weighted by Gasteiger charge is 2.19. The fourth-order valence-electron chi connectivity index (χ4n) is 1.40. The Morgan fingerprint density at radius 1 is 1.39 bits per heavy atom. The van der Waals surface area contributed by atoms with Gasteiger partial charge in [0.2, 0.25) is 0 Å². The van der Waals surface area contributed by atoms with E-state index in [9.17, 15) is 8.42 Å². The first kappa shape index (κ1) is 13.4. The lowest BCUT2D eigenvalue weighted by molar-refractivity contribution is 0.582. The van der Waals surface area contributed by atoms with Gasteiger partial charge in [-0.05, 0) is 24.3 Å². The molecular formula is C10H9BrClN3O2S. The highest BCUT2D eigenvalue weighted by Crippen LogP contribution is 2.27. The van der Waals surface area contributed by atoms with E-state index in [0.717, 1.165) is 4.47 Å². The third-order valence-electron chi connectivity index (χ3n) is 2.22. The number of aryl methyl sites for hydroxylation is 1. The van der Waals surface area contributed by atoms with Crippen molar-refractivity contribution in [1.82, 2.24) is 9.78 Å². The molecule has 0 fully saturated rings. The summed E-state index contributed by atoms with van der Waals surface area (Å²) in [7, 11) is -2.14. The number of halogens is 2.